The Morgan fingerprint density at radius 3 is 2.80 bits per heavy atom. The van der Waals surface area contributed by atoms with Gasteiger partial charge in [0.25, 0.3) is 0 Å². The van der Waals surface area contributed by atoms with Gasteiger partial charge < -0.3 is 10.6 Å². The third-order valence-corrected chi connectivity index (χ3v) is 3.28. The van der Waals surface area contributed by atoms with Gasteiger partial charge in [0.2, 0.25) is 5.91 Å². The number of aryl methyl sites for hydroxylation is 1. The molecule has 0 bridgehead atoms. The van der Waals surface area contributed by atoms with Gasteiger partial charge in [0, 0.05) is 19.0 Å². The molecular formula is C11H18N2OS. The first-order valence-electron chi connectivity index (χ1n) is 5.09. The summed E-state index contributed by atoms with van der Waals surface area (Å²) in [6, 6.07) is 0. The van der Waals surface area contributed by atoms with Crippen LogP contribution in [-0.4, -0.2) is 19.5 Å². The maximum atomic E-state index is 11.6. The van der Waals surface area contributed by atoms with Crippen LogP contribution in [0.15, 0.2) is 10.8 Å². The van der Waals surface area contributed by atoms with Crippen LogP contribution in [-0.2, 0) is 11.3 Å². The Hall–Kier alpha value is -0.870. The van der Waals surface area contributed by atoms with Gasteiger partial charge in [-0.25, -0.2) is 0 Å². The largest absolute Gasteiger partial charge is 0.352 e. The van der Waals surface area contributed by atoms with Gasteiger partial charge >= 0.3 is 0 Å². The van der Waals surface area contributed by atoms with E-state index in [2.05, 4.69) is 28.3 Å². The van der Waals surface area contributed by atoms with E-state index in [4.69, 9.17) is 0 Å². The molecule has 15 heavy (non-hydrogen) atoms. The van der Waals surface area contributed by atoms with Gasteiger partial charge in [-0.1, -0.05) is 6.92 Å². The van der Waals surface area contributed by atoms with Crippen molar-refractivity contribution in [2.24, 2.45) is 5.92 Å². The highest BCUT2D eigenvalue weighted by molar-refractivity contribution is 7.08. The van der Waals surface area contributed by atoms with E-state index in [1.807, 2.05) is 14.0 Å². The highest BCUT2D eigenvalue weighted by atomic mass is 32.1. The number of rotatable bonds is 5. The summed E-state index contributed by atoms with van der Waals surface area (Å²) in [6.07, 6.45) is 0. The van der Waals surface area contributed by atoms with Crippen molar-refractivity contribution in [1.29, 1.82) is 0 Å². The van der Waals surface area contributed by atoms with Crippen molar-refractivity contribution in [2.75, 3.05) is 13.6 Å². The molecular weight excluding hydrogens is 208 g/mol. The van der Waals surface area contributed by atoms with Crippen LogP contribution in [0.2, 0.25) is 0 Å². The minimum atomic E-state index is 0.0222. The summed E-state index contributed by atoms with van der Waals surface area (Å²) in [5.74, 6) is 0.129. The van der Waals surface area contributed by atoms with Gasteiger partial charge in [-0.15, -0.1) is 0 Å². The van der Waals surface area contributed by atoms with E-state index in [1.54, 1.807) is 11.3 Å². The Bertz CT molecular complexity index is 322. The van der Waals surface area contributed by atoms with E-state index in [9.17, 15) is 4.79 Å². The lowest BCUT2D eigenvalue weighted by atomic mass is 10.1. The maximum absolute atomic E-state index is 11.6. The lowest BCUT2D eigenvalue weighted by Crippen LogP contribution is -2.33. The molecule has 1 aromatic heterocycles. The summed E-state index contributed by atoms with van der Waals surface area (Å²) in [5, 5.41) is 10.1. The van der Waals surface area contributed by atoms with Crippen molar-refractivity contribution in [3.8, 4) is 0 Å². The van der Waals surface area contributed by atoms with Crippen LogP contribution in [0.5, 0.6) is 0 Å². The first-order valence-corrected chi connectivity index (χ1v) is 6.03. The van der Waals surface area contributed by atoms with E-state index >= 15 is 0 Å². The second kappa shape index (κ2) is 5.88. The van der Waals surface area contributed by atoms with Crippen LogP contribution >= 0.6 is 11.3 Å². The molecule has 0 spiro atoms. The lowest BCUT2D eigenvalue weighted by molar-refractivity contribution is -0.124. The summed E-state index contributed by atoms with van der Waals surface area (Å²) in [6.45, 7) is 5.35. The second-order valence-electron chi connectivity index (χ2n) is 3.76. The molecule has 0 fully saturated rings. The van der Waals surface area contributed by atoms with E-state index in [0.29, 0.717) is 13.1 Å². The molecule has 0 aliphatic heterocycles. The molecule has 0 saturated heterocycles. The zero-order valence-electron chi connectivity index (χ0n) is 9.46. The molecule has 1 atom stereocenters. The van der Waals surface area contributed by atoms with Crippen LogP contribution in [0.25, 0.3) is 0 Å². The van der Waals surface area contributed by atoms with Gasteiger partial charge in [-0.3, -0.25) is 4.79 Å². The lowest BCUT2D eigenvalue weighted by Gasteiger charge is -2.11. The fourth-order valence-electron chi connectivity index (χ4n) is 1.32. The Balaban J connectivity index is 2.37. The highest BCUT2D eigenvalue weighted by Crippen LogP contribution is 2.13. The number of hydrogen-bond donors (Lipinski definition) is 2. The minimum Gasteiger partial charge on any atom is -0.352 e. The smallest absolute Gasteiger partial charge is 0.224 e. The fourth-order valence-corrected chi connectivity index (χ4v) is 2.18. The molecule has 1 unspecified atom stereocenters. The zero-order chi connectivity index (χ0) is 11.3. The number of carbonyl (C=O) groups excluding carboxylic acids is 1. The van der Waals surface area contributed by atoms with Crippen LogP contribution in [0.1, 0.15) is 18.1 Å². The average Bonchev–Trinajstić information content (AvgIpc) is 2.61. The third kappa shape index (κ3) is 3.64. The SMILES string of the molecule is CNCC(C)C(=O)NCc1cscc1C. The summed E-state index contributed by atoms with van der Waals surface area (Å²) in [5.41, 5.74) is 2.46. The van der Waals surface area contributed by atoms with Crippen molar-refractivity contribution < 1.29 is 4.79 Å². The average molecular weight is 226 g/mol. The molecule has 3 nitrogen and oxygen atoms in total. The van der Waals surface area contributed by atoms with Gasteiger partial charge in [-0.05, 0) is 35.9 Å². The van der Waals surface area contributed by atoms with Crippen molar-refractivity contribution in [3.05, 3.63) is 21.9 Å². The van der Waals surface area contributed by atoms with Crippen molar-refractivity contribution >= 4 is 17.2 Å². The molecule has 0 radical (unpaired) electrons. The molecule has 4 heteroatoms. The molecule has 0 saturated carbocycles. The first kappa shape index (κ1) is 12.2. The number of amides is 1. The van der Waals surface area contributed by atoms with Crippen LogP contribution in [0.3, 0.4) is 0 Å². The topological polar surface area (TPSA) is 41.1 Å². The molecule has 1 amide bonds. The van der Waals surface area contributed by atoms with E-state index < -0.39 is 0 Å². The Morgan fingerprint density at radius 1 is 1.53 bits per heavy atom. The summed E-state index contributed by atoms with van der Waals surface area (Å²) in [7, 11) is 1.85. The zero-order valence-corrected chi connectivity index (χ0v) is 10.3. The predicted octanol–water partition coefficient (Wildman–Crippen LogP) is 1.53. The summed E-state index contributed by atoms with van der Waals surface area (Å²) >= 11 is 1.67. The Morgan fingerprint density at radius 2 is 2.27 bits per heavy atom. The van der Waals surface area contributed by atoms with Gasteiger partial charge in [0.05, 0.1) is 0 Å². The fraction of sp³-hybridized carbons (Fsp3) is 0.545. The number of thiophene rings is 1. The van der Waals surface area contributed by atoms with Gasteiger partial charge in [-0.2, -0.15) is 11.3 Å². The van der Waals surface area contributed by atoms with Crippen LogP contribution in [0, 0.1) is 12.8 Å². The first-order chi connectivity index (χ1) is 7.15. The second-order valence-corrected chi connectivity index (χ2v) is 4.50. The van der Waals surface area contributed by atoms with Crippen molar-refractivity contribution in [2.45, 2.75) is 20.4 Å². The third-order valence-electron chi connectivity index (χ3n) is 2.37. The molecule has 0 aromatic carbocycles. The number of carbonyl (C=O) groups is 1. The normalized spacial score (nSPS) is 12.5. The van der Waals surface area contributed by atoms with E-state index in [1.165, 1.54) is 11.1 Å². The standard InChI is InChI=1S/C11H18N2OS/c1-8(4-12-3)11(14)13-5-10-7-15-6-9(10)2/h6-8,12H,4-5H2,1-3H3,(H,13,14). The van der Waals surface area contributed by atoms with E-state index in [-0.39, 0.29) is 11.8 Å². The molecule has 2 N–H and O–H groups in total. The van der Waals surface area contributed by atoms with E-state index in [0.717, 1.165) is 0 Å². The molecule has 1 rings (SSSR count). The molecule has 0 aliphatic carbocycles. The van der Waals surface area contributed by atoms with Crippen molar-refractivity contribution in [3.63, 3.8) is 0 Å². The predicted molar refractivity (Wildman–Crippen MR) is 64.0 cm³/mol. The van der Waals surface area contributed by atoms with Crippen LogP contribution < -0.4 is 10.6 Å². The van der Waals surface area contributed by atoms with Gasteiger partial charge in [0.15, 0.2) is 0 Å². The summed E-state index contributed by atoms with van der Waals surface area (Å²) in [4.78, 5) is 11.6. The van der Waals surface area contributed by atoms with Crippen molar-refractivity contribution in [1.82, 2.24) is 10.6 Å². The Kier molecular flexibility index (Phi) is 4.78. The van der Waals surface area contributed by atoms with Gasteiger partial charge in [0.1, 0.15) is 0 Å². The number of hydrogen-bond acceptors (Lipinski definition) is 3. The highest BCUT2D eigenvalue weighted by Gasteiger charge is 2.11. The molecule has 0 aliphatic rings. The quantitative estimate of drug-likeness (QED) is 0.799. The Labute approximate surface area is 94.9 Å². The maximum Gasteiger partial charge on any atom is 0.224 e. The van der Waals surface area contributed by atoms with Crippen LogP contribution in [0.4, 0.5) is 0 Å². The summed E-state index contributed by atoms with van der Waals surface area (Å²) < 4.78 is 0. The molecule has 1 heterocycles. The molecule has 1 aromatic rings. The molecule has 84 valence electrons. The minimum absolute atomic E-state index is 0.0222. The number of nitrogens with one attached hydrogen (secondary N) is 2. The monoisotopic (exact) mass is 226 g/mol.